The molecule has 19 heavy (non-hydrogen) atoms. The molecule has 0 N–H and O–H groups in total. The monoisotopic (exact) mass is 277 g/mol. The van der Waals surface area contributed by atoms with Gasteiger partial charge in [0.2, 0.25) is 5.78 Å². The molecule has 5 heteroatoms. The standard InChI is InChI=1S/C14H15NO3S/c1-9(18-3)19(17)13-6-4-5-11-10(13)7-8-12(15-2)14(11)16/h4-9H,1-3H3. The highest BCUT2D eigenvalue weighted by atomic mass is 32.2. The first-order valence-corrected chi connectivity index (χ1v) is 7.07. The molecule has 1 aliphatic rings. The van der Waals surface area contributed by atoms with Crippen LogP contribution >= 0.6 is 0 Å². The number of Topliss-reactive ketones (excluding diaryl/α,β-unsaturated/α-hetero) is 1. The number of aliphatic imine (C=N–C) groups is 1. The Kier molecular flexibility index (Phi) is 4.07. The first kappa shape index (κ1) is 13.8. The SMILES string of the molecule is CN=C1C=Cc2c(cccc2S(=O)C(C)OC)C1=O. The fourth-order valence-electron chi connectivity index (χ4n) is 1.91. The van der Waals surface area contributed by atoms with Gasteiger partial charge in [0.05, 0.1) is 10.8 Å². The molecule has 0 spiro atoms. The van der Waals surface area contributed by atoms with E-state index in [0.717, 1.165) is 0 Å². The number of fused-ring (bicyclic) bond motifs is 1. The van der Waals surface area contributed by atoms with Crippen LogP contribution in [-0.2, 0) is 15.5 Å². The minimum absolute atomic E-state index is 0.135. The first-order valence-electron chi connectivity index (χ1n) is 5.86. The van der Waals surface area contributed by atoms with Crippen molar-refractivity contribution in [3.05, 3.63) is 35.4 Å². The Morgan fingerprint density at radius 2 is 2.05 bits per heavy atom. The summed E-state index contributed by atoms with van der Waals surface area (Å²) in [7, 11) is 1.78. The van der Waals surface area contributed by atoms with Crippen LogP contribution in [0.4, 0.5) is 0 Å². The second kappa shape index (κ2) is 5.59. The zero-order chi connectivity index (χ0) is 14.0. The number of allylic oxidation sites excluding steroid dienone is 1. The molecular weight excluding hydrogens is 262 g/mol. The molecule has 0 radical (unpaired) electrons. The van der Waals surface area contributed by atoms with Crippen molar-refractivity contribution in [1.29, 1.82) is 0 Å². The van der Waals surface area contributed by atoms with Gasteiger partial charge in [0.15, 0.2) is 0 Å². The number of hydrogen-bond acceptors (Lipinski definition) is 4. The summed E-state index contributed by atoms with van der Waals surface area (Å²) < 4.78 is 17.4. The Balaban J connectivity index is 2.55. The van der Waals surface area contributed by atoms with Crippen molar-refractivity contribution < 1.29 is 13.7 Å². The smallest absolute Gasteiger partial charge is 0.211 e. The molecule has 2 atom stereocenters. The lowest BCUT2D eigenvalue weighted by Crippen LogP contribution is -2.20. The molecule has 0 heterocycles. The molecule has 2 rings (SSSR count). The zero-order valence-electron chi connectivity index (χ0n) is 11.0. The highest BCUT2D eigenvalue weighted by Crippen LogP contribution is 2.26. The quantitative estimate of drug-likeness (QED) is 0.850. The van der Waals surface area contributed by atoms with E-state index < -0.39 is 16.2 Å². The van der Waals surface area contributed by atoms with Crippen LogP contribution in [0.3, 0.4) is 0 Å². The highest BCUT2D eigenvalue weighted by Gasteiger charge is 2.24. The van der Waals surface area contributed by atoms with E-state index in [0.29, 0.717) is 21.7 Å². The number of ether oxygens (including phenoxy) is 1. The summed E-state index contributed by atoms with van der Waals surface area (Å²) in [4.78, 5) is 16.7. The van der Waals surface area contributed by atoms with E-state index in [4.69, 9.17) is 4.74 Å². The van der Waals surface area contributed by atoms with Gasteiger partial charge in [-0.25, -0.2) is 0 Å². The largest absolute Gasteiger partial charge is 0.368 e. The average Bonchev–Trinajstić information content (AvgIpc) is 2.45. The predicted octanol–water partition coefficient (Wildman–Crippen LogP) is 2.07. The third kappa shape index (κ3) is 2.43. The van der Waals surface area contributed by atoms with Gasteiger partial charge in [-0.05, 0) is 19.1 Å². The summed E-state index contributed by atoms with van der Waals surface area (Å²) in [5.74, 6) is -0.135. The van der Waals surface area contributed by atoms with E-state index in [1.54, 1.807) is 44.3 Å². The maximum absolute atomic E-state index is 12.3. The van der Waals surface area contributed by atoms with Crippen molar-refractivity contribution in [3.63, 3.8) is 0 Å². The number of ketones is 1. The predicted molar refractivity (Wildman–Crippen MR) is 76.0 cm³/mol. The van der Waals surface area contributed by atoms with Crippen molar-refractivity contribution in [2.75, 3.05) is 14.2 Å². The van der Waals surface area contributed by atoms with Crippen LogP contribution in [0.2, 0.25) is 0 Å². The van der Waals surface area contributed by atoms with Crippen LogP contribution in [0, 0.1) is 0 Å². The summed E-state index contributed by atoms with van der Waals surface area (Å²) in [5, 5.41) is 0. The summed E-state index contributed by atoms with van der Waals surface area (Å²) >= 11 is 0. The van der Waals surface area contributed by atoms with E-state index in [1.807, 2.05) is 0 Å². The number of rotatable bonds is 3. The van der Waals surface area contributed by atoms with Crippen LogP contribution < -0.4 is 0 Å². The van der Waals surface area contributed by atoms with Crippen LogP contribution in [0.5, 0.6) is 0 Å². The van der Waals surface area contributed by atoms with Gasteiger partial charge in [-0.15, -0.1) is 0 Å². The van der Waals surface area contributed by atoms with Gasteiger partial charge in [0.25, 0.3) is 0 Å². The zero-order valence-corrected chi connectivity index (χ0v) is 11.9. The molecule has 0 saturated heterocycles. The molecule has 2 unspecified atom stereocenters. The van der Waals surface area contributed by atoms with E-state index in [1.165, 1.54) is 7.11 Å². The van der Waals surface area contributed by atoms with Crippen molar-refractivity contribution in [1.82, 2.24) is 0 Å². The lowest BCUT2D eigenvalue weighted by molar-refractivity contribution is 0.106. The van der Waals surface area contributed by atoms with Crippen LogP contribution in [0.1, 0.15) is 22.8 Å². The summed E-state index contributed by atoms with van der Waals surface area (Å²) in [6.07, 6.45) is 3.44. The minimum atomic E-state index is -1.31. The molecule has 100 valence electrons. The molecule has 4 nitrogen and oxygen atoms in total. The normalized spacial score (nSPS) is 19.3. The molecule has 1 aromatic carbocycles. The third-order valence-electron chi connectivity index (χ3n) is 3.04. The van der Waals surface area contributed by atoms with E-state index in [2.05, 4.69) is 4.99 Å². The Labute approximate surface area is 114 Å². The second-order valence-corrected chi connectivity index (χ2v) is 5.79. The molecule has 0 aliphatic heterocycles. The van der Waals surface area contributed by atoms with Crippen molar-refractivity contribution in [2.24, 2.45) is 4.99 Å². The second-order valence-electron chi connectivity index (χ2n) is 4.09. The van der Waals surface area contributed by atoms with E-state index in [9.17, 15) is 9.00 Å². The van der Waals surface area contributed by atoms with Gasteiger partial charge in [-0.1, -0.05) is 18.2 Å². The molecule has 0 aromatic heterocycles. The average molecular weight is 277 g/mol. The fraction of sp³-hybridized carbons (Fsp3) is 0.286. The number of nitrogens with zero attached hydrogens (tertiary/aromatic N) is 1. The number of carbonyl (C=O) groups excluding carboxylic acids is 1. The number of carbonyl (C=O) groups is 1. The number of methoxy groups -OCH3 is 1. The van der Waals surface area contributed by atoms with Crippen LogP contribution in [0.25, 0.3) is 6.08 Å². The Bertz CT molecular complexity index is 605. The Morgan fingerprint density at radius 1 is 1.32 bits per heavy atom. The van der Waals surface area contributed by atoms with Gasteiger partial charge >= 0.3 is 0 Å². The van der Waals surface area contributed by atoms with Gasteiger partial charge in [0, 0.05) is 30.2 Å². The molecule has 0 saturated carbocycles. The van der Waals surface area contributed by atoms with E-state index >= 15 is 0 Å². The molecule has 1 aromatic rings. The minimum Gasteiger partial charge on any atom is -0.368 e. The maximum atomic E-state index is 12.3. The lowest BCUT2D eigenvalue weighted by atomic mass is 9.95. The van der Waals surface area contributed by atoms with Crippen molar-refractivity contribution >= 4 is 28.4 Å². The fourth-order valence-corrected chi connectivity index (χ4v) is 3.05. The Morgan fingerprint density at radius 3 is 2.68 bits per heavy atom. The maximum Gasteiger partial charge on any atom is 0.211 e. The van der Waals surface area contributed by atoms with Gasteiger partial charge < -0.3 is 4.74 Å². The number of benzene rings is 1. The molecule has 0 amide bonds. The molecule has 0 fully saturated rings. The van der Waals surface area contributed by atoms with Gasteiger partial charge in [-0.3, -0.25) is 14.0 Å². The number of hydrogen-bond donors (Lipinski definition) is 0. The third-order valence-corrected chi connectivity index (χ3v) is 4.63. The van der Waals surface area contributed by atoms with Gasteiger partial charge in [0.1, 0.15) is 11.1 Å². The van der Waals surface area contributed by atoms with Gasteiger partial charge in [-0.2, -0.15) is 0 Å². The van der Waals surface area contributed by atoms with Crippen molar-refractivity contribution in [2.45, 2.75) is 17.3 Å². The lowest BCUT2D eigenvalue weighted by Gasteiger charge is -2.16. The summed E-state index contributed by atoms with van der Waals surface area (Å²) in [5.41, 5.74) is 1.23. The molecular formula is C14H15NO3S. The Hall–Kier alpha value is -1.59. The summed E-state index contributed by atoms with van der Waals surface area (Å²) in [6.45, 7) is 1.74. The highest BCUT2D eigenvalue weighted by molar-refractivity contribution is 7.85. The van der Waals surface area contributed by atoms with Crippen molar-refractivity contribution in [3.8, 4) is 0 Å². The topological polar surface area (TPSA) is 55.7 Å². The van der Waals surface area contributed by atoms with Crippen LogP contribution in [-0.4, -0.2) is 35.3 Å². The van der Waals surface area contributed by atoms with Crippen LogP contribution in [0.15, 0.2) is 34.2 Å². The first-order chi connectivity index (χ1) is 9.10. The van der Waals surface area contributed by atoms with E-state index in [-0.39, 0.29) is 5.78 Å². The molecule has 1 aliphatic carbocycles. The molecule has 0 bridgehead atoms. The summed E-state index contributed by atoms with van der Waals surface area (Å²) in [6, 6.07) is 5.22.